The van der Waals surface area contributed by atoms with E-state index in [-0.39, 0.29) is 23.0 Å². The Labute approximate surface area is 152 Å². The Morgan fingerprint density at radius 3 is 2.64 bits per heavy atom. The van der Waals surface area contributed by atoms with Crippen molar-refractivity contribution in [1.29, 1.82) is 0 Å². The highest BCUT2D eigenvalue weighted by Crippen LogP contribution is 2.31. The lowest BCUT2D eigenvalue weighted by Gasteiger charge is -2.33. The van der Waals surface area contributed by atoms with Gasteiger partial charge < -0.3 is 9.84 Å². The van der Waals surface area contributed by atoms with E-state index in [4.69, 9.17) is 17.0 Å². The molecule has 7 heteroatoms. The van der Waals surface area contributed by atoms with Gasteiger partial charge in [0, 0.05) is 0 Å². The van der Waals surface area contributed by atoms with Gasteiger partial charge in [-0.05, 0) is 49.0 Å². The van der Waals surface area contributed by atoms with E-state index in [1.807, 2.05) is 20.8 Å². The molecule has 0 saturated heterocycles. The summed E-state index contributed by atoms with van der Waals surface area (Å²) in [5.74, 6) is -0.0862. The molecule has 0 fully saturated rings. The zero-order valence-electron chi connectivity index (χ0n) is 14.9. The Kier molecular flexibility index (Phi) is 6.72. The van der Waals surface area contributed by atoms with Gasteiger partial charge in [-0.1, -0.05) is 32.9 Å². The summed E-state index contributed by atoms with van der Waals surface area (Å²) in [6.07, 6.45) is 3.24. The maximum absolute atomic E-state index is 13.5. The second-order valence-electron chi connectivity index (χ2n) is 7.19. The quantitative estimate of drug-likeness (QED) is 0.540. The number of unbranched alkanes of at least 4 members (excludes halogenated alkanes) is 1. The normalized spacial score (nSPS) is 14.3. The van der Waals surface area contributed by atoms with E-state index in [1.54, 1.807) is 22.9 Å². The van der Waals surface area contributed by atoms with E-state index in [0.29, 0.717) is 11.4 Å². The summed E-state index contributed by atoms with van der Waals surface area (Å²) in [6, 6.07) is 6.18. The van der Waals surface area contributed by atoms with E-state index >= 15 is 0 Å². The second-order valence-corrected chi connectivity index (χ2v) is 7.56. The molecule has 2 atom stereocenters. The summed E-state index contributed by atoms with van der Waals surface area (Å²) >= 11 is 5.23. The Morgan fingerprint density at radius 1 is 1.32 bits per heavy atom. The van der Waals surface area contributed by atoms with Crippen LogP contribution in [-0.4, -0.2) is 32.6 Å². The summed E-state index contributed by atoms with van der Waals surface area (Å²) in [5.41, 5.74) is -0.284. The van der Waals surface area contributed by atoms with Crippen LogP contribution in [0.4, 0.5) is 4.39 Å². The SMILES string of the molecule is CC(C)(C)[C@H](O)[C@H](CCCCOc1ccccc1F)n1[nH]cnc1=S. The van der Waals surface area contributed by atoms with Crippen LogP contribution in [-0.2, 0) is 0 Å². The number of aromatic amines is 1. The van der Waals surface area contributed by atoms with Gasteiger partial charge in [0.15, 0.2) is 11.6 Å². The summed E-state index contributed by atoms with van der Waals surface area (Å²) in [4.78, 5) is 4.04. The summed E-state index contributed by atoms with van der Waals surface area (Å²) in [5, 5.41) is 13.7. The van der Waals surface area contributed by atoms with E-state index in [2.05, 4.69) is 10.1 Å². The number of H-pyrrole nitrogens is 1. The fourth-order valence-corrected chi connectivity index (χ4v) is 2.95. The van der Waals surface area contributed by atoms with E-state index in [0.717, 1.165) is 19.3 Å². The first-order valence-corrected chi connectivity index (χ1v) is 8.89. The highest BCUT2D eigenvalue weighted by atomic mass is 32.1. The number of nitrogens with one attached hydrogen (secondary N) is 1. The second kappa shape index (κ2) is 8.58. The first-order valence-electron chi connectivity index (χ1n) is 8.48. The van der Waals surface area contributed by atoms with Crippen LogP contribution in [0.5, 0.6) is 5.75 Å². The van der Waals surface area contributed by atoms with E-state index in [9.17, 15) is 9.50 Å². The molecule has 5 nitrogen and oxygen atoms in total. The molecule has 1 aromatic heterocycles. The minimum Gasteiger partial charge on any atom is -0.491 e. The number of ether oxygens (including phenoxy) is 1. The standard InChI is InChI=1S/C18H26FN3O2S/c1-18(2,3)16(23)14(22-17(25)20-12-21-22)9-6-7-11-24-15-10-5-4-8-13(15)19/h4-5,8,10,12,14,16,23H,6-7,9,11H2,1-3H3,(H,20,21,25)/t14-,16+/m0/s1. The van der Waals surface area contributed by atoms with Gasteiger partial charge in [0.1, 0.15) is 6.33 Å². The number of rotatable bonds is 8. The third kappa shape index (κ3) is 5.37. The number of hydrogen-bond acceptors (Lipinski definition) is 4. The molecule has 2 aromatic rings. The van der Waals surface area contributed by atoms with Crippen molar-refractivity contribution < 1.29 is 14.2 Å². The van der Waals surface area contributed by atoms with Crippen molar-refractivity contribution in [3.63, 3.8) is 0 Å². The number of aromatic nitrogens is 3. The number of aliphatic hydroxyl groups is 1. The van der Waals surface area contributed by atoms with Gasteiger partial charge in [-0.3, -0.25) is 9.78 Å². The Morgan fingerprint density at radius 2 is 2.04 bits per heavy atom. The molecule has 138 valence electrons. The lowest BCUT2D eigenvalue weighted by atomic mass is 9.83. The van der Waals surface area contributed by atoms with Crippen LogP contribution < -0.4 is 4.74 Å². The van der Waals surface area contributed by atoms with Gasteiger partial charge in [0.2, 0.25) is 4.77 Å². The highest BCUT2D eigenvalue weighted by Gasteiger charge is 2.32. The van der Waals surface area contributed by atoms with E-state index in [1.165, 1.54) is 12.4 Å². The predicted octanol–water partition coefficient (Wildman–Crippen LogP) is 4.28. The van der Waals surface area contributed by atoms with Crippen molar-refractivity contribution in [3.8, 4) is 5.75 Å². The minimum atomic E-state index is -0.577. The fourth-order valence-electron chi connectivity index (χ4n) is 2.71. The first kappa shape index (κ1) is 19.6. The molecule has 2 N–H and O–H groups in total. The molecule has 1 heterocycles. The number of benzene rings is 1. The Balaban J connectivity index is 1.91. The Bertz CT molecular complexity index is 723. The van der Waals surface area contributed by atoms with Crippen LogP contribution in [0.3, 0.4) is 0 Å². The molecule has 0 saturated carbocycles. The Hall–Kier alpha value is -1.73. The molecule has 0 aliphatic carbocycles. The van der Waals surface area contributed by atoms with Crippen LogP contribution in [0, 0.1) is 16.0 Å². The molecule has 25 heavy (non-hydrogen) atoms. The monoisotopic (exact) mass is 367 g/mol. The summed E-state index contributed by atoms with van der Waals surface area (Å²) in [6.45, 7) is 6.40. The first-order chi connectivity index (χ1) is 11.8. The molecule has 1 aromatic carbocycles. The van der Waals surface area contributed by atoms with Crippen molar-refractivity contribution in [2.75, 3.05) is 6.61 Å². The van der Waals surface area contributed by atoms with Crippen LogP contribution in [0.25, 0.3) is 0 Å². The zero-order valence-corrected chi connectivity index (χ0v) is 15.7. The third-order valence-corrected chi connectivity index (χ3v) is 4.45. The molecule has 0 spiro atoms. The average molecular weight is 367 g/mol. The van der Waals surface area contributed by atoms with Crippen molar-refractivity contribution in [1.82, 2.24) is 14.8 Å². The predicted molar refractivity (Wildman–Crippen MR) is 97.7 cm³/mol. The number of nitrogens with zero attached hydrogens (tertiary/aromatic N) is 2. The average Bonchev–Trinajstić information content (AvgIpc) is 2.97. The number of hydrogen-bond donors (Lipinski definition) is 2. The molecule has 0 unspecified atom stereocenters. The van der Waals surface area contributed by atoms with Gasteiger partial charge in [0.25, 0.3) is 0 Å². The largest absolute Gasteiger partial charge is 0.491 e. The fraction of sp³-hybridized carbons (Fsp3) is 0.556. The topological polar surface area (TPSA) is 63.1 Å². The van der Waals surface area contributed by atoms with Crippen LogP contribution in [0.15, 0.2) is 30.6 Å². The van der Waals surface area contributed by atoms with Crippen LogP contribution in [0.2, 0.25) is 0 Å². The number of aliphatic hydroxyl groups excluding tert-OH is 1. The van der Waals surface area contributed by atoms with Gasteiger partial charge in [-0.15, -0.1) is 0 Å². The molecule has 0 aliphatic heterocycles. The zero-order chi connectivity index (χ0) is 18.4. The lowest BCUT2D eigenvalue weighted by molar-refractivity contribution is 0.00773. The van der Waals surface area contributed by atoms with Gasteiger partial charge >= 0.3 is 0 Å². The maximum atomic E-state index is 13.5. The molecule has 2 rings (SSSR count). The van der Waals surface area contributed by atoms with Gasteiger partial charge in [-0.25, -0.2) is 9.37 Å². The molecule has 0 radical (unpaired) electrons. The molecular formula is C18H26FN3O2S. The van der Waals surface area contributed by atoms with Gasteiger partial charge in [0.05, 0.1) is 18.8 Å². The third-order valence-electron chi connectivity index (χ3n) is 4.15. The van der Waals surface area contributed by atoms with Gasteiger partial charge in [-0.2, -0.15) is 0 Å². The van der Waals surface area contributed by atoms with E-state index < -0.39 is 6.10 Å². The maximum Gasteiger partial charge on any atom is 0.216 e. The van der Waals surface area contributed by atoms with Crippen molar-refractivity contribution in [2.24, 2.45) is 5.41 Å². The number of halogens is 1. The molecule has 0 amide bonds. The van der Waals surface area contributed by atoms with Crippen molar-refractivity contribution in [2.45, 2.75) is 52.2 Å². The minimum absolute atomic E-state index is 0.191. The smallest absolute Gasteiger partial charge is 0.216 e. The lowest BCUT2D eigenvalue weighted by Crippen LogP contribution is -2.36. The summed E-state index contributed by atoms with van der Waals surface area (Å²) < 4.78 is 21.2. The number of para-hydroxylation sites is 1. The van der Waals surface area contributed by atoms with Crippen LogP contribution in [0.1, 0.15) is 46.1 Å². The molecule has 0 aliphatic rings. The van der Waals surface area contributed by atoms with Crippen molar-refractivity contribution in [3.05, 3.63) is 41.2 Å². The van der Waals surface area contributed by atoms with Crippen LogP contribution >= 0.6 is 12.2 Å². The highest BCUT2D eigenvalue weighted by molar-refractivity contribution is 7.71. The molecule has 0 bridgehead atoms. The summed E-state index contributed by atoms with van der Waals surface area (Å²) in [7, 11) is 0. The molecular weight excluding hydrogens is 341 g/mol. The van der Waals surface area contributed by atoms with Crippen molar-refractivity contribution >= 4 is 12.2 Å².